The van der Waals surface area contributed by atoms with Gasteiger partial charge in [0.2, 0.25) is 0 Å². The first kappa shape index (κ1) is 13.4. The third-order valence-corrected chi connectivity index (χ3v) is 3.70. The number of benzene rings is 1. The second-order valence-electron chi connectivity index (χ2n) is 5.68. The molecule has 2 aromatic rings. The van der Waals surface area contributed by atoms with Gasteiger partial charge >= 0.3 is 0 Å². The Hall–Kier alpha value is -1.58. The highest BCUT2D eigenvalue weighted by Gasteiger charge is 2.21. The van der Waals surface area contributed by atoms with Gasteiger partial charge in [-0.15, -0.1) is 0 Å². The first-order chi connectivity index (χ1) is 9.81. The fraction of sp³-hybridized carbons (Fsp3) is 0.412. The number of nitrogens with zero attached hydrogens (tertiary/aromatic N) is 1. The van der Waals surface area contributed by atoms with E-state index in [-0.39, 0.29) is 0 Å². The molecule has 106 valence electrons. The Morgan fingerprint density at radius 2 is 1.95 bits per heavy atom. The molecule has 0 radical (unpaired) electrons. The van der Waals surface area contributed by atoms with E-state index in [1.54, 1.807) is 6.26 Å². The van der Waals surface area contributed by atoms with Crippen LogP contribution in [0.25, 0.3) is 0 Å². The van der Waals surface area contributed by atoms with E-state index in [0.717, 1.165) is 31.4 Å². The summed E-state index contributed by atoms with van der Waals surface area (Å²) in [6, 6.07) is 13.4. The van der Waals surface area contributed by atoms with Crippen LogP contribution in [0.4, 0.5) is 0 Å². The minimum absolute atomic E-state index is 0.718. The third-order valence-electron chi connectivity index (χ3n) is 3.70. The summed E-state index contributed by atoms with van der Waals surface area (Å²) in [4.78, 5) is 2.32. The van der Waals surface area contributed by atoms with Crippen molar-refractivity contribution in [3.05, 3.63) is 59.5 Å². The Kier molecular flexibility index (Phi) is 4.19. The lowest BCUT2D eigenvalue weighted by Crippen LogP contribution is -2.20. The second-order valence-corrected chi connectivity index (χ2v) is 5.68. The monoisotopic (exact) mass is 270 g/mol. The minimum Gasteiger partial charge on any atom is -0.468 e. The van der Waals surface area contributed by atoms with Gasteiger partial charge in [0.1, 0.15) is 5.76 Å². The number of nitrogens with one attached hydrogen (secondary N) is 1. The molecule has 3 rings (SSSR count). The van der Waals surface area contributed by atoms with Gasteiger partial charge in [-0.3, -0.25) is 4.90 Å². The molecule has 0 bridgehead atoms. The Morgan fingerprint density at radius 1 is 1.15 bits per heavy atom. The average Bonchev–Trinajstić information content (AvgIpc) is 3.18. The maximum atomic E-state index is 5.60. The van der Waals surface area contributed by atoms with Crippen LogP contribution in [0.3, 0.4) is 0 Å². The standard InChI is InChI=1S/C17H22N2O/c1-19(12-14-5-3-2-4-6-14)13-15-9-10-20-17(15)11-18-16-7-8-16/h2-6,9-10,16,18H,7-8,11-13H2,1H3. The molecule has 3 heteroatoms. The van der Waals surface area contributed by atoms with E-state index in [2.05, 4.69) is 53.7 Å². The molecule has 1 heterocycles. The molecule has 0 amide bonds. The maximum absolute atomic E-state index is 5.60. The first-order valence-electron chi connectivity index (χ1n) is 7.32. The van der Waals surface area contributed by atoms with Gasteiger partial charge in [-0.2, -0.15) is 0 Å². The zero-order valence-electron chi connectivity index (χ0n) is 12.0. The van der Waals surface area contributed by atoms with Crippen molar-refractivity contribution in [3.63, 3.8) is 0 Å². The molecule has 3 nitrogen and oxygen atoms in total. The number of furan rings is 1. The van der Waals surface area contributed by atoms with Gasteiger partial charge in [-0.25, -0.2) is 0 Å². The fourth-order valence-electron chi connectivity index (χ4n) is 2.43. The van der Waals surface area contributed by atoms with Gasteiger partial charge in [-0.1, -0.05) is 30.3 Å². The van der Waals surface area contributed by atoms with E-state index >= 15 is 0 Å². The summed E-state index contributed by atoms with van der Waals surface area (Å²) in [7, 11) is 2.15. The van der Waals surface area contributed by atoms with Crippen LogP contribution in [0.1, 0.15) is 29.7 Å². The molecule has 0 atom stereocenters. The summed E-state index contributed by atoms with van der Waals surface area (Å²) >= 11 is 0. The minimum atomic E-state index is 0.718. The van der Waals surface area contributed by atoms with Crippen molar-refractivity contribution in [1.82, 2.24) is 10.2 Å². The van der Waals surface area contributed by atoms with Crippen molar-refractivity contribution in [2.24, 2.45) is 0 Å². The normalized spacial score (nSPS) is 14.9. The van der Waals surface area contributed by atoms with Crippen LogP contribution < -0.4 is 5.32 Å². The molecule has 0 unspecified atom stereocenters. The second kappa shape index (κ2) is 6.25. The summed E-state index contributed by atoms with van der Waals surface area (Å²) < 4.78 is 5.60. The Bertz CT molecular complexity index is 531. The molecule has 1 saturated carbocycles. The van der Waals surface area contributed by atoms with Gasteiger partial charge in [-0.05, 0) is 31.5 Å². The largest absolute Gasteiger partial charge is 0.468 e. The van der Waals surface area contributed by atoms with Crippen LogP contribution in [0.5, 0.6) is 0 Å². The van der Waals surface area contributed by atoms with Crippen LogP contribution in [0, 0.1) is 0 Å². The van der Waals surface area contributed by atoms with E-state index in [9.17, 15) is 0 Å². The highest BCUT2D eigenvalue weighted by molar-refractivity contribution is 5.18. The molecular weight excluding hydrogens is 248 g/mol. The Labute approximate surface area is 120 Å². The molecule has 1 aliphatic rings. The highest BCUT2D eigenvalue weighted by atomic mass is 16.3. The Balaban J connectivity index is 1.55. The lowest BCUT2D eigenvalue weighted by molar-refractivity contribution is 0.314. The fourth-order valence-corrected chi connectivity index (χ4v) is 2.43. The topological polar surface area (TPSA) is 28.4 Å². The molecule has 1 N–H and O–H groups in total. The zero-order chi connectivity index (χ0) is 13.8. The molecule has 0 aliphatic heterocycles. The van der Waals surface area contributed by atoms with Crippen molar-refractivity contribution >= 4 is 0 Å². The van der Waals surface area contributed by atoms with Gasteiger partial charge in [0.25, 0.3) is 0 Å². The van der Waals surface area contributed by atoms with Crippen LogP contribution in [-0.4, -0.2) is 18.0 Å². The lowest BCUT2D eigenvalue weighted by Gasteiger charge is -2.16. The molecule has 1 fully saturated rings. The zero-order valence-corrected chi connectivity index (χ0v) is 12.0. The van der Waals surface area contributed by atoms with E-state index in [4.69, 9.17) is 4.42 Å². The summed E-state index contributed by atoms with van der Waals surface area (Å²) in [5.41, 5.74) is 2.63. The molecular formula is C17H22N2O. The van der Waals surface area contributed by atoms with Crippen LogP contribution >= 0.6 is 0 Å². The number of rotatable bonds is 7. The number of hydrogen-bond acceptors (Lipinski definition) is 3. The van der Waals surface area contributed by atoms with Gasteiger partial charge in [0.05, 0.1) is 12.8 Å². The summed E-state index contributed by atoms with van der Waals surface area (Å²) in [6.45, 7) is 2.74. The predicted molar refractivity (Wildman–Crippen MR) is 80.2 cm³/mol. The van der Waals surface area contributed by atoms with Gasteiger partial charge in [0.15, 0.2) is 0 Å². The Morgan fingerprint density at radius 3 is 2.70 bits per heavy atom. The summed E-state index contributed by atoms with van der Waals surface area (Å²) in [5.74, 6) is 1.08. The molecule has 1 aromatic carbocycles. The molecule has 1 aliphatic carbocycles. The first-order valence-corrected chi connectivity index (χ1v) is 7.32. The number of hydrogen-bond donors (Lipinski definition) is 1. The van der Waals surface area contributed by atoms with E-state index in [1.807, 2.05) is 0 Å². The van der Waals surface area contributed by atoms with Crippen molar-refractivity contribution in [2.45, 2.75) is 38.5 Å². The molecule has 1 aromatic heterocycles. The molecule has 0 spiro atoms. The van der Waals surface area contributed by atoms with Crippen molar-refractivity contribution in [1.29, 1.82) is 0 Å². The van der Waals surface area contributed by atoms with Crippen molar-refractivity contribution < 1.29 is 4.42 Å². The SMILES string of the molecule is CN(Cc1ccccc1)Cc1ccoc1CNC1CC1. The van der Waals surface area contributed by atoms with Crippen LogP contribution in [-0.2, 0) is 19.6 Å². The van der Waals surface area contributed by atoms with E-state index in [0.29, 0.717) is 0 Å². The predicted octanol–water partition coefficient (Wildman–Crippen LogP) is 3.16. The lowest BCUT2D eigenvalue weighted by atomic mass is 10.2. The van der Waals surface area contributed by atoms with Crippen molar-refractivity contribution in [2.75, 3.05) is 7.05 Å². The maximum Gasteiger partial charge on any atom is 0.122 e. The van der Waals surface area contributed by atoms with E-state index in [1.165, 1.54) is 24.0 Å². The summed E-state index contributed by atoms with van der Waals surface area (Å²) in [6.07, 6.45) is 4.42. The summed E-state index contributed by atoms with van der Waals surface area (Å²) in [5, 5.41) is 3.51. The quantitative estimate of drug-likeness (QED) is 0.837. The average molecular weight is 270 g/mol. The van der Waals surface area contributed by atoms with Crippen LogP contribution in [0.15, 0.2) is 47.1 Å². The van der Waals surface area contributed by atoms with Gasteiger partial charge < -0.3 is 9.73 Å². The third kappa shape index (κ3) is 3.71. The van der Waals surface area contributed by atoms with Crippen LogP contribution in [0.2, 0.25) is 0 Å². The van der Waals surface area contributed by atoms with E-state index < -0.39 is 0 Å². The smallest absolute Gasteiger partial charge is 0.122 e. The van der Waals surface area contributed by atoms with Gasteiger partial charge in [0, 0.05) is 24.7 Å². The van der Waals surface area contributed by atoms with Crippen molar-refractivity contribution in [3.8, 4) is 0 Å². The highest BCUT2D eigenvalue weighted by Crippen LogP contribution is 2.21. The molecule has 20 heavy (non-hydrogen) atoms. The molecule has 0 saturated heterocycles.